The summed E-state index contributed by atoms with van der Waals surface area (Å²) in [4.78, 5) is 23.3. The molecule has 0 unspecified atom stereocenters. The van der Waals surface area contributed by atoms with E-state index in [0.717, 1.165) is 16.8 Å². The number of hydrogen-bond acceptors (Lipinski definition) is 6. The average Bonchev–Trinajstić information content (AvgIpc) is 3.09. The normalized spacial score (nSPS) is 14.0. The summed E-state index contributed by atoms with van der Waals surface area (Å²) in [7, 11) is 0. The van der Waals surface area contributed by atoms with E-state index in [9.17, 15) is 4.79 Å². The van der Waals surface area contributed by atoms with E-state index in [0.29, 0.717) is 31.1 Å². The van der Waals surface area contributed by atoms with E-state index < -0.39 is 0 Å². The van der Waals surface area contributed by atoms with E-state index in [2.05, 4.69) is 20.1 Å². The zero-order valence-corrected chi connectivity index (χ0v) is 12.7. The van der Waals surface area contributed by atoms with Gasteiger partial charge in [0, 0.05) is 30.6 Å². The first-order valence-corrected chi connectivity index (χ1v) is 7.54. The fraction of sp³-hybridized carbons (Fsp3) is 0.176. The van der Waals surface area contributed by atoms with E-state index in [-0.39, 0.29) is 11.4 Å². The van der Waals surface area contributed by atoms with Gasteiger partial charge in [0.2, 0.25) is 5.82 Å². The fourth-order valence-corrected chi connectivity index (χ4v) is 2.54. The van der Waals surface area contributed by atoms with Crippen molar-refractivity contribution in [2.24, 2.45) is 0 Å². The van der Waals surface area contributed by atoms with Gasteiger partial charge in [0.25, 0.3) is 11.4 Å². The molecule has 3 aromatic heterocycles. The number of fused-ring (bicyclic) bond motifs is 1. The molecule has 0 radical (unpaired) electrons. The Hall–Kier alpha value is -3.06. The van der Waals surface area contributed by atoms with Crippen molar-refractivity contribution in [1.29, 1.82) is 0 Å². The maximum Gasteiger partial charge on any atom is 0.259 e. The van der Waals surface area contributed by atoms with Crippen molar-refractivity contribution in [2.75, 3.05) is 6.61 Å². The standard InChI is InChI=1S/C17H14N4O3/c22-17-13(9-12-10-23-8-5-14(12)19-17)16-20-15(24-21-16)2-1-11-3-6-18-7-4-11/h1-4,6-7,9H,5,8,10H2,(H,19,22)/b2-1+. The molecule has 7 nitrogen and oxygen atoms in total. The lowest BCUT2D eigenvalue weighted by Gasteiger charge is -2.15. The van der Waals surface area contributed by atoms with Gasteiger partial charge in [0.1, 0.15) is 0 Å². The van der Waals surface area contributed by atoms with E-state index in [1.807, 2.05) is 18.2 Å². The fourth-order valence-electron chi connectivity index (χ4n) is 2.54. The van der Waals surface area contributed by atoms with E-state index >= 15 is 0 Å². The van der Waals surface area contributed by atoms with Crippen LogP contribution in [0.4, 0.5) is 0 Å². The number of ether oxygens (including phenoxy) is 1. The van der Waals surface area contributed by atoms with Crippen LogP contribution < -0.4 is 5.56 Å². The molecule has 4 heterocycles. The largest absolute Gasteiger partial charge is 0.376 e. The lowest BCUT2D eigenvalue weighted by atomic mass is 10.1. The van der Waals surface area contributed by atoms with Crippen molar-refractivity contribution in [2.45, 2.75) is 13.0 Å². The van der Waals surface area contributed by atoms with Crippen molar-refractivity contribution in [3.63, 3.8) is 0 Å². The summed E-state index contributed by atoms with van der Waals surface area (Å²) >= 11 is 0. The molecule has 0 aliphatic carbocycles. The zero-order valence-electron chi connectivity index (χ0n) is 12.7. The van der Waals surface area contributed by atoms with Crippen LogP contribution in [0.5, 0.6) is 0 Å². The number of rotatable bonds is 3. The summed E-state index contributed by atoms with van der Waals surface area (Å²) in [6, 6.07) is 5.50. The van der Waals surface area contributed by atoms with Gasteiger partial charge in [-0.3, -0.25) is 9.78 Å². The van der Waals surface area contributed by atoms with Crippen molar-refractivity contribution in [1.82, 2.24) is 20.1 Å². The van der Waals surface area contributed by atoms with Crippen LogP contribution in [0.25, 0.3) is 23.5 Å². The van der Waals surface area contributed by atoms with Crippen LogP contribution in [0.1, 0.15) is 22.7 Å². The first-order chi connectivity index (χ1) is 11.8. The molecule has 24 heavy (non-hydrogen) atoms. The molecule has 4 rings (SSSR count). The van der Waals surface area contributed by atoms with Crippen molar-refractivity contribution in [3.8, 4) is 11.4 Å². The van der Waals surface area contributed by atoms with Crippen LogP contribution in [-0.2, 0) is 17.8 Å². The lowest BCUT2D eigenvalue weighted by Crippen LogP contribution is -2.19. The van der Waals surface area contributed by atoms with Gasteiger partial charge < -0.3 is 14.2 Å². The number of nitrogens with one attached hydrogen (secondary N) is 1. The Balaban J connectivity index is 1.63. The molecule has 1 aliphatic heterocycles. The third kappa shape index (κ3) is 2.89. The van der Waals surface area contributed by atoms with Crippen molar-refractivity contribution >= 4 is 12.2 Å². The number of pyridine rings is 2. The molecule has 7 heteroatoms. The highest BCUT2D eigenvalue weighted by molar-refractivity contribution is 5.66. The second-order valence-electron chi connectivity index (χ2n) is 5.39. The van der Waals surface area contributed by atoms with Crippen molar-refractivity contribution < 1.29 is 9.26 Å². The minimum absolute atomic E-state index is 0.221. The van der Waals surface area contributed by atoms with Gasteiger partial charge in [0.15, 0.2) is 0 Å². The summed E-state index contributed by atoms with van der Waals surface area (Å²) in [5.41, 5.74) is 2.99. The molecule has 0 saturated carbocycles. The van der Waals surface area contributed by atoms with Crippen LogP contribution in [0.15, 0.2) is 39.9 Å². The van der Waals surface area contributed by atoms with Gasteiger partial charge in [-0.2, -0.15) is 4.98 Å². The molecular weight excluding hydrogens is 308 g/mol. The molecule has 0 bridgehead atoms. The highest BCUT2D eigenvalue weighted by atomic mass is 16.5. The van der Waals surface area contributed by atoms with Gasteiger partial charge in [0.05, 0.1) is 18.8 Å². The van der Waals surface area contributed by atoms with Crippen molar-refractivity contribution in [3.05, 3.63) is 63.7 Å². The number of aromatic nitrogens is 4. The predicted molar refractivity (Wildman–Crippen MR) is 86.9 cm³/mol. The smallest absolute Gasteiger partial charge is 0.259 e. The third-order valence-corrected chi connectivity index (χ3v) is 3.78. The van der Waals surface area contributed by atoms with Crippen LogP contribution in [0, 0.1) is 0 Å². The molecule has 0 aromatic carbocycles. The van der Waals surface area contributed by atoms with E-state index in [1.165, 1.54) is 0 Å². The minimum Gasteiger partial charge on any atom is -0.376 e. The molecule has 0 atom stereocenters. The quantitative estimate of drug-likeness (QED) is 0.793. The summed E-state index contributed by atoms with van der Waals surface area (Å²) < 4.78 is 10.6. The first kappa shape index (κ1) is 14.5. The van der Waals surface area contributed by atoms with Gasteiger partial charge in [-0.25, -0.2) is 0 Å². The van der Waals surface area contributed by atoms with Gasteiger partial charge in [-0.05, 0) is 35.4 Å². The second kappa shape index (κ2) is 6.21. The average molecular weight is 322 g/mol. The predicted octanol–water partition coefficient (Wildman–Crippen LogP) is 2.06. The SMILES string of the molecule is O=c1[nH]c2c(cc1-c1noc(/C=C/c3ccncc3)n1)COCC2. The van der Waals surface area contributed by atoms with Crippen LogP contribution in [0.2, 0.25) is 0 Å². The Labute approximate surface area is 137 Å². The Morgan fingerprint density at radius 2 is 2.08 bits per heavy atom. The molecule has 3 aromatic rings. The molecule has 120 valence electrons. The molecule has 0 amide bonds. The monoisotopic (exact) mass is 322 g/mol. The van der Waals surface area contributed by atoms with E-state index in [4.69, 9.17) is 9.26 Å². The Kier molecular flexibility index (Phi) is 3.76. The van der Waals surface area contributed by atoms with Gasteiger partial charge in [-0.15, -0.1) is 0 Å². The maximum absolute atomic E-state index is 12.2. The number of H-pyrrole nitrogens is 1. The van der Waals surface area contributed by atoms with Crippen LogP contribution in [0.3, 0.4) is 0 Å². The van der Waals surface area contributed by atoms with Gasteiger partial charge >= 0.3 is 0 Å². The first-order valence-electron chi connectivity index (χ1n) is 7.54. The molecule has 0 spiro atoms. The highest BCUT2D eigenvalue weighted by Crippen LogP contribution is 2.19. The number of nitrogens with zero attached hydrogens (tertiary/aromatic N) is 3. The minimum atomic E-state index is -0.221. The summed E-state index contributed by atoms with van der Waals surface area (Å²) in [5.74, 6) is 0.592. The Morgan fingerprint density at radius 1 is 1.21 bits per heavy atom. The molecule has 1 N–H and O–H groups in total. The van der Waals surface area contributed by atoms with Crippen LogP contribution >= 0.6 is 0 Å². The summed E-state index contributed by atoms with van der Waals surface area (Å²) in [5, 5.41) is 3.90. The second-order valence-corrected chi connectivity index (χ2v) is 5.39. The molecule has 0 fully saturated rings. The summed E-state index contributed by atoms with van der Waals surface area (Å²) in [6.07, 6.45) is 7.64. The molecule has 0 saturated heterocycles. The number of hydrogen-bond donors (Lipinski definition) is 1. The third-order valence-electron chi connectivity index (χ3n) is 3.78. The Bertz CT molecular complexity index is 944. The zero-order chi connectivity index (χ0) is 16.4. The summed E-state index contributed by atoms with van der Waals surface area (Å²) in [6.45, 7) is 1.10. The van der Waals surface area contributed by atoms with Crippen LogP contribution in [-0.4, -0.2) is 26.7 Å². The highest BCUT2D eigenvalue weighted by Gasteiger charge is 2.17. The van der Waals surface area contributed by atoms with E-state index in [1.54, 1.807) is 24.5 Å². The molecule has 1 aliphatic rings. The number of aromatic amines is 1. The lowest BCUT2D eigenvalue weighted by molar-refractivity contribution is 0.109. The maximum atomic E-state index is 12.2. The molecular formula is C17H14N4O3. The van der Waals surface area contributed by atoms with Gasteiger partial charge in [-0.1, -0.05) is 5.16 Å². The Morgan fingerprint density at radius 3 is 2.96 bits per heavy atom. The topological polar surface area (TPSA) is 93.9 Å².